The summed E-state index contributed by atoms with van der Waals surface area (Å²) < 4.78 is 61.6. The van der Waals surface area contributed by atoms with Crippen LogP contribution in [0.25, 0.3) is 16.6 Å². The van der Waals surface area contributed by atoms with Gasteiger partial charge in [-0.05, 0) is 90.8 Å². The number of anilines is 2. The van der Waals surface area contributed by atoms with Crippen LogP contribution in [0.1, 0.15) is 55.5 Å². The van der Waals surface area contributed by atoms with Gasteiger partial charge in [-0.25, -0.2) is 26.9 Å². The van der Waals surface area contributed by atoms with Gasteiger partial charge < -0.3 is 19.9 Å². The molecular weight excluding hydrogens is 854 g/mol. The predicted octanol–water partition coefficient (Wildman–Crippen LogP) is 8.57. The Balaban J connectivity index is 1.000. The van der Waals surface area contributed by atoms with E-state index in [9.17, 15) is 32.1 Å². The molecule has 0 spiro atoms. The molecule has 14 nitrogen and oxygen atoms in total. The lowest BCUT2D eigenvalue weighted by Crippen LogP contribution is -2.47. The summed E-state index contributed by atoms with van der Waals surface area (Å²) in [6.07, 6.45) is 4.34. The van der Waals surface area contributed by atoms with Crippen molar-refractivity contribution in [2.45, 2.75) is 56.9 Å². The van der Waals surface area contributed by atoms with Gasteiger partial charge >= 0.3 is 0 Å². The SMILES string of the molecule is CC1(C)CCC(CN2CCN(c3ccc(C(=O)NS(=O)(=O)c4ccc(N[C@@H]5CCN(CC(F)F)C5)c([N+](=O)[O-])c4)c(Oc4cnc5[nH]ccc5c4)c3)CC2)=C(c2ccc(Cl)cc2)C1. The molecule has 2 saturated heterocycles. The number of likely N-dealkylation sites (tertiary alicyclic amines) is 1. The molecule has 0 radical (unpaired) electrons. The largest absolute Gasteiger partial charge is 0.455 e. The number of nitro groups is 1. The number of hydrogen-bond acceptors (Lipinski definition) is 11. The molecule has 18 heteroatoms. The first kappa shape index (κ1) is 44.0. The number of aromatic nitrogens is 2. The third-order valence-corrected chi connectivity index (χ3v) is 13.7. The number of fused-ring (bicyclic) bond motifs is 1. The fraction of sp³-hybridized carbons (Fsp3) is 0.378. The smallest absolute Gasteiger partial charge is 0.293 e. The number of ether oxygens (including phenoxy) is 1. The summed E-state index contributed by atoms with van der Waals surface area (Å²) in [5.41, 5.74) is 5.09. The number of rotatable bonds is 14. The van der Waals surface area contributed by atoms with Crippen LogP contribution in [0.2, 0.25) is 5.02 Å². The van der Waals surface area contributed by atoms with Crippen molar-refractivity contribution in [2.75, 3.05) is 62.6 Å². The zero-order chi connectivity index (χ0) is 44.5. The van der Waals surface area contributed by atoms with Gasteiger partial charge in [-0.3, -0.25) is 24.7 Å². The molecule has 2 fully saturated rings. The number of benzene rings is 3. The van der Waals surface area contributed by atoms with Gasteiger partial charge in [0, 0.05) is 86.3 Å². The van der Waals surface area contributed by atoms with Crippen molar-refractivity contribution in [3.63, 3.8) is 0 Å². The molecule has 2 aromatic heterocycles. The number of piperazine rings is 1. The molecule has 1 atom stereocenters. The first-order chi connectivity index (χ1) is 30.1. The molecule has 0 unspecified atom stereocenters. The maximum absolute atomic E-state index is 13.9. The number of allylic oxidation sites excluding steroid dienone is 1. The summed E-state index contributed by atoms with van der Waals surface area (Å²) in [5.74, 6) is -0.600. The van der Waals surface area contributed by atoms with Crippen LogP contribution in [0.15, 0.2) is 95.7 Å². The van der Waals surface area contributed by atoms with E-state index in [1.807, 2.05) is 18.2 Å². The molecule has 1 aliphatic carbocycles. The summed E-state index contributed by atoms with van der Waals surface area (Å²) in [6, 6.07) is 19.6. The molecule has 0 bridgehead atoms. The first-order valence-corrected chi connectivity index (χ1v) is 22.8. The maximum Gasteiger partial charge on any atom is 0.293 e. The summed E-state index contributed by atoms with van der Waals surface area (Å²) in [5, 5.41) is 16.6. The summed E-state index contributed by atoms with van der Waals surface area (Å²) >= 11 is 6.23. The molecule has 8 rings (SSSR count). The second kappa shape index (κ2) is 18.2. The Morgan fingerprint density at radius 1 is 1.03 bits per heavy atom. The number of pyridine rings is 1. The van der Waals surface area contributed by atoms with Crippen molar-refractivity contribution in [1.82, 2.24) is 24.5 Å². The maximum atomic E-state index is 13.9. The van der Waals surface area contributed by atoms with Crippen molar-refractivity contribution < 1.29 is 31.7 Å². The molecule has 0 saturated carbocycles. The summed E-state index contributed by atoms with van der Waals surface area (Å²) in [6.45, 7) is 8.72. The van der Waals surface area contributed by atoms with E-state index in [1.165, 1.54) is 35.0 Å². The first-order valence-electron chi connectivity index (χ1n) is 20.9. The van der Waals surface area contributed by atoms with Gasteiger partial charge in [0.25, 0.3) is 28.0 Å². The quantitative estimate of drug-likeness (QED) is 0.0722. The number of nitrogens with zero attached hydrogens (tertiary/aromatic N) is 5. The van der Waals surface area contributed by atoms with Crippen molar-refractivity contribution in [3.05, 3.63) is 117 Å². The topological polar surface area (TPSA) is 166 Å². The lowest BCUT2D eigenvalue weighted by atomic mass is 9.72. The van der Waals surface area contributed by atoms with E-state index in [2.05, 4.69) is 55.8 Å². The standard InChI is InChI=1S/C45H49ClF2N8O6S/c1-45(2)14-11-31(38(24-45)29-3-5-32(46)6-4-29)26-53-17-19-55(20-18-53)34-7-9-37(41(22-34)62-35-21-30-12-15-49-43(30)50-25-35)44(57)52-63(60,61)36-8-10-39(40(23-36)56(58)59)51-33-13-16-54(27-33)28-42(47)48/h3-10,12,15,21-23,25,33,42,51H,11,13-14,16-20,24,26-28H2,1-2H3,(H,49,50)(H,52,57)/t33-/m1/s1. The second-order valence-corrected chi connectivity index (χ2v) is 19.3. The van der Waals surface area contributed by atoms with Crippen LogP contribution < -0.4 is 19.7 Å². The number of nitro benzene ring substituents is 1. The number of hydrogen-bond donors (Lipinski definition) is 3. The summed E-state index contributed by atoms with van der Waals surface area (Å²) in [7, 11) is -4.64. The predicted molar refractivity (Wildman–Crippen MR) is 239 cm³/mol. The number of carbonyl (C=O) groups excluding carboxylic acids is 1. The van der Waals surface area contributed by atoms with Crippen LogP contribution in [0.3, 0.4) is 0 Å². The molecular formula is C45H49ClF2N8O6S. The van der Waals surface area contributed by atoms with Gasteiger partial charge in [0.2, 0.25) is 0 Å². The van der Waals surface area contributed by atoms with Gasteiger partial charge in [-0.2, -0.15) is 0 Å². The molecule has 4 heterocycles. The average Bonchev–Trinajstić information content (AvgIpc) is 3.90. The highest BCUT2D eigenvalue weighted by Crippen LogP contribution is 2.43. The zero-order valence-corrected chi connectivity index (χ0v) is 36.5. The fourth-order valence-corrected chi connectivity index (χ4v) is 9.81. The highest BCUT2D eigenvalue weighted by Gasteiger charge is 2.31. The summed E-state index contributed by atoms with van der Waals surface area (Å²) in [4.78, 5) is 38.4. The number of aromatic amines is 1. The highest BCUT2D eigenvalue weighted by molar-refractivity contribution is 7.90. The van der Waals surface area contributed by atoms with Crippen molar-refractivity contribution in [1.29, 1.82) is 0 Å². The highest BCUT2D eigenvalue weighted by atomic mass is 35.5. The Morgan fingerprint density at radius 3 is 2.56 bits per heavy atom. The molecule has 63 heavy (non-hydrogen) atoms. The lowest BCUT2D eigenvalue weighted by molar-refractivity contribution is -0.384. The van der Waals surface area contributed by atoms with Gasteiger partial charge in [0.05, 0.1) is 28.1 Å². The number of nitrogens with one attached hydrogen (secondary N) is 3. The van der Waals surface area contributed by atoms with E-state index >= 15 is 0 Å². The van der Waals surface area contributed by atoms with E-state index in [1.54, 1.807) is 29.3 Å². The third kappa shape index (κ3) is 10.4. The van der Waals surface area contributed by atoms with E-state index in [-0.39, 0.29) is 35.0 Å². The minimum Gasteiger partial charge on any atom is -0.455 e. The minimum absolute atomic E-state index is 0.0343. The zero-order valence-electron chi connectivity index (χ0n) is 35.0. The van der Waals surface area contributed by atoms with Gasteiger partial charge in [0.1, 0.15) is 22.8 Å². The molecule has 3 aliphatic rings. The Hall–Kier alpha value is -5.62. The number of alkyl halides is 2. The molecule has 1 amide bonds. The van der Waals surface area contributed by atoms with E-state index in [0.717, 1.165) is 62.1 Å². The van der Waals surface area contributed by atoms with Crippen LogP contribution in [0, 0.1) is 15.5 Å². The second-order valence-electron chi connectivity index (χ2n) is 17.2. The monoisotopic (exact) mass is 902 g/mol. The van der Waals surface area contributed by atoms with Crippen molar-refractivity contribution in [3.8, 4) is 11.5 Å². The molecule has 332 valence electrons. The van der Waals surface area contributed by atoms with E-state index in [4.69, 9.17) is 16.3 Å². The average molecular weight is 903 g/mol. The molecule has 3 N–H and O–H groups in total. The number of H-pyrrole nitrogens is 1. The number of sulfonamides is 1. The van der Waals surface area contributed by atoms with Gasteiger partial charge in [-0.15, -0.1) is 0 Å². The number of amides is 1. The van der Waals surface area contributed by atoms with E-state index < -0.39 is 44.4 Å². The Kier molecular flexibility index (Phi) is 12.7. The van der Waals surface area contributed by atoms with Crippen LogP contribution in [-0.4, -0.2) is 104 Å². The van der Waals surface area contributed by atoms with Gasteiger partial charge in [0.15, 0.2) is 0 Å². The molecule has 2 aliphatic heterocycles. The minimum atomic E-state index is -4.64. The molecule has 5 aromatic rings. The Labute approximate surface area is 369 Å². The van der Waals surface area contributed by atoms with Crippen molar-refractivity contribution >= 4 is 61.2 Å². The Morgan fingerprint density at radius 2 is 1.81 bits per heavy atom. The molecule has 3 aromatic carbocycles. The van der Waals surface area contributed by atoms with Crippen LogP contribution >= 0.6 is 11.6 Å². The van der Waals surface area contributed by atoms with Crippen molar-refractivity contribution in [2.24, 2.45) is 5.41 Å². The van der Waals surface area contributed by atoms with Crippen LogP contribution in [-0.2, 0) is 10.0 Å². The van der Waals surface area contributed by atoms with Crippen LogP contribution in [0.5, 0.6) is 11.5 Å². The van der Waals surface area contributed by atoms with E-state index in [0.29, 0.717) is 42.5 Å². The number of halogens is 3. The number of carbonyl (C=O) groups is 1. The normalized spacial score (nSPS) is 18.6. The fourth-order valence-electron chi connectivity index (χ4n) is 8.70. The lowest BCUT2D eigenvalue weighted by Gasteiger charge is -2.39. The Bertz CT molecular complexity index is 2650. The van der Waals surface area contributed by atoms with Gasteiger partial charge in [-0.1, -0.05) is 43.2 Å². The van der Waals surface area contributed by atoms with Crippen LogP contribution in [0.4, 0.5) is 25.8 Å². The third-order valence-electron chi connectivity index (χ3n) is 12.1.